The highest BCUT2D eigenvalue weighted by atomic mass is 35.5. The number of carbonyl (C=O) groups is 1. The van der Waals surface area contributed by atoms with E-state index >= 15 is 0 Å². The molecule has 1 N–H and O–H groups in total. The lowest BCUT2D eigenvalue weighted by molar-refractivity contribution is 0.102. The summed E-state index contributed by atoms with van der Waals surface area (Å²) in [6, 6.07) is 10.6. The van der Waals surface area contributed by atoms with Crippen LogP contribution in [0.5, 0.6) is 11.5 Å². The predicted octanol–water partition coefficient (Wildman–Crippen LogP) is 4.04. The van der Waals surface area contributed by atoms with Crippen molar-refractivity contribution in [3.05, 3.63) is 47.0 Å². The van der Waals surface area contributed by atoms with Crippen molar-refractivity contribution in [1.82, 2.24) is 0 Å². The zero-order valence-corrected chi connectivity index (χ0v) is 12.8. The third-order valence-electron chi connectivity index (χ3n) is 3.05. The Balaban J connectivity index is 1.83. The molecule has 0 atom stereocenters. The topological polar surface area (TPSA) is 47.6 Å². The van der Waals surface area contributed by atoms with Crippen molar-refractivity contribution in [2.24, 2.45) is 0 Å². The number of benzene rings is 2. The number of amides is 1. The summed E-state index contributed by atoms with van der Waals surface area (Å²) in [4.78, 5) is 13.3. The molecule has 108 valence electrons. The molecule has 0 fully saturated rings. The molecular weight excluding hydrogens is 310 g/mol. The molecule has 2 aromatic carbocycles. The van der Waals surface area contributed by atoms with Crippen LogP contribution in [0.4, 0.5) is 5.69 Å². The minimum Gasteiger partial charge on any atom is -0.454 e. The average molecular weight is 322 g/mol. The standard InChI is InChI=1S/C15H12ClNO3S/c1-21-10-3-4-12(16)11(7-10)15(18)17-9-2-5-13-14(6-9)20-8-19-13/h2-7H,8H2,1H3,(H,17,18). The van der Waals surface area contributed by atoms with E-state index in [2.05, 4.69) is 5.32 Å². The third kappa shape index (κ3) is 2.94. The maximum Gasteiger partial charge on any atom is 0.257 e. The largest absolute Gasteiger partial charge is 0.454 e. The smallest absolute Gasteiger partial charge is 0.257 e. The van der Waals surface area contributed by atoms with Gasteiger partial charge < -0.3 is 14.8 Å². The second kappa shape index (κ2) is 5.87. The van der Waals surface area contributed by atoms with E-state index in [1.54, 1.807) is 42.1 Å². The summed E-state index contributed by atoms with van der Waals surface area (Å²) in [5.74, 6) is 1.04. The second-order valence-corrected chi connectivity index (χ2v) is 5.65. The molecule has 0 unspecified atom stereocenters. The fourth-order valence-corrected chi connectivity index (χ4v) is 2.62. The van der Waals surface area contributed by atoms with Crippen LogP contribution < -0.4 is 14.8 Å². The van der Waals surface area contributed by atoms with Gasteiger partial charge in [-0.3, -0.25) is 4.79 Å². The molecule has 1 heterocycles. The van der Waals surface area contributed by atoms with Crippen LogP contribution in [0.15, 0.2) is 41.3 Å². The van der Waals surface area contributed by atoms with Crippen molar-refractivity contribution < 1.29 is 14.3 Å². The Kier molecular flexibility index (Phi) is 3.94. The molecule has 0 aliphatic carbocycles. The fraction of sp³-hybridized carbons (Fsp3) is 0.133. The molecule has 0 aromatic heterocycles. The number of anilines is 1. The van der Waals surface area contributed by atoms with Gasteiger partial charge in [0, 0.05) is 16.6 Å². The lowest BCUT2D eigenvalue weighted by Crippen LogP contribution is -2.12. The van der Waals surface area contributed by atoms with E-state index in [0.717, 1.165) is 4.90 Å². The molecule has 21 heavy (non-hydrogen) atoms. The molecule has 1 aliphatic rings. The Bertz CT molecular complexity index is 705. The van der Waals surface area contributed by atoms with Gasteiger partial charge in [-0.25, -0.2) is 0 Å². The Morgan fingerprint density at radius 3 is 2.81 bits per heavy atom. The van der Waals surface area contributed by atoms with Gasteiger partial charge >= 0.3 is 0 Å². The fourth-order valence-electron chi connectivity index (χ4n) is 1.98. The lowest BCUT2D eigenvalue weighted by atomic mass is 10.2. The van der Waals surface area contributed by atoms with E-state index in [1.165, 1.54) is 0 Å². The lowest BCUT2D eigenvalue weighted by Gasteiger charge is -2.08. The molecule has 0 bridgehead atoms. The number of halogens is 1. The first-order valence-electron chi connectivity index (χ1n) is 6.22. The normalized spacial score (nSPS) is 12.3. The van der Waals surface area contributed by atoms with E-state index in [9.17, 15) is 4.79 Å². The molecule has 0 radical (unpaired) electrons. The highest BCUT2D eigenvalue weighted by Crippen LogP contribution is 2.34. The predicted molar refractivity (Wildman–Crippen MR) is 83.8 cm³/mol. The van der Waals surface area contributed by atoms with Gasteiger partial charge in [0.1, 0.15) is 0 Å². The van der Waals surface area contributed by atoms with Crippen molar-refractivity contribution in [1.29, 1.82) is 0 Å². The zero-order valence-electron chi connectivity index (χ0n) is 11.2. The summed E-state index contributed by atoms with van der Waals surface area (Å²) < 4.78 is 10.5. The van der Waals surface area contributed by atoms with Gasteiger partial charge in [0.2, 0.25) is 6.79 Å². The van der Waals surface area contributed by atoms with Crippen LogP contribution in [0.1, 0.15) is 10.4 Å². The monoisotopic (exact) mass is 321 g/mol. The van der Waals surface area contributed by atoms with Crippen LogP contribution in [0, 0.1) is 0 Å². The van der Waals surface area contributed by atoms with Crippen LogP contribution in [0.3, 0.4) is 0 Å². The first kappa shape index (κ1) is 14.1. The van der Waals surface area contributed by atoms with Crippen LogP contribution in [0.2, 0.25) is 5.02 Å². The summed E-state index contributed by atoms with van der Waals surface area (Å²) in [5, 5.41) is 3.23. The van der Waals surface area contributed by atoms with Crippen molar-refractivity contribution in [2.45, 2.75) is 4.90 Å². The molecule has 1 amide bonds. The highest BCUT2D eigenvalue weighted by Gasteiger charge is 2.16. The SMILES string of the molecule is CSc1ccc(Cl)c(C(=O)Nc2ccc3c(c2)OCO3)c1. The summed E-state index contributed by atoms with van der Waals surface area (Å²) in [6.07, 6.45) is 1.95. The van der Waals surface area contributed by atoms with Gasteiger partial charge in [0.15, 0.2) is 11.5 Å². The van der Waals surface area contributed by atoms with Gasteiger partial charge in [-0.1, -0.05) is 11.6 Å². The van der Waals surface area contributed by atoms with Gasteiger partial charge in [-0.05, 0) is 36.6 Å². The maximum atomic E-state index is 12.3. The highest BCUT2D eigenvalue weighted by molar-refractivity contribution is 7.98. The minimum atomic E-state index is -0.255. The molecule has 1 aliphatic heterocycles. The Hall–Kier alpha value is -1.85. The van der Waals surface area contributed by atoms with Crippen molar-refractivity contribution in [2.75, 3.05) is 18.4 Å². The number of ether oxygens (including phenoxy) is 2. The molecule has 0 saturated heterocycles. The first-order valence-corrected chi connectivity index (χ1v) is 7.82. The first-order chi connectivity index (χ1) is 10.2. The van der Waals surface area contributed by atoms with Crippen LogP contribution in [0.25, 0.3) is 0 Å². The van der Waals surface area contributed by atoms with Crippen molar-refractivity contribution >= 4 is 35.0 Å². The zero-order chi connectivity index (χ0) is 14.8. The minimum absolute atomic E-state index is 0.203. The van der Waals surface area contributed by atoms with Crippen molar-refractivity contribution in [3.8, 4) is 11.5 Å². The van der Waals surface area contributed by atoms with E-state index in [-0.39, 0.29) is 12.7 Å². The summed E-state index contributed by atoms with van der Waals surface area (Å²) >= 11 is 7.65. The summed E-state index contributed by atoms with van der Waals surface area (Å²) in [6.45, 7) is 0.203. The molecule has 0 spiro atoms. The van der Waals surface area contributed by atoms with E-state index in [0.29, 0.717) is 27.8 Å². The van der Waals surface area contributed by atoms with Gasteiger partial charge in [0.05, 0.1) is 10.6 Å². The van der Waals surface area contributed by atoms with Gasteiger partial charge in [-0.15, -0.1) is 11.8 Å². The van der Waals surface area contributed by atoms with E-state index in [1.807, 2.05) is 12.3 Å². The molecule has 0 saturated carbocycles. The molecular formula is C15H12ClNO3S. The quantitative estimate of drug-likeness (QED) is 0.867. The van der Waals surface area contributed by atoms with Crippen LogP contribution in [-0.2, 0) is 0 Å². The molecule has 3 rings (SSSR count). The van der Waals surface area contributed by atoms with E-state index in [4.69, 9.17) is 21.1 Å². The second-order valence-electron chi connectivity index (χ2n) is 4.37. The summed E-state index contributed by atoms with van der Waals surface area (Å²) in [5.41, 5.74) is 1.08. The van der Waals surface area contributed by atoms with Crippen molar-refractivity contribution in [3.63, 3.8) is 0 Å². The van der Waals surface area contributed by atoms with E-state index < -0.39 is 0 Å². The number of rotatable bonds is 3. The third-order valence-corrected chi connectivity index (χ3v) is 4.10. The average Bonchev–Trinajstić information content (AvgIpc) is 2.95. The number of thioether (sulfide) groups is 1. The Labute approximate surface area is 131 Å². The van der Waals surface area contributed by atoms with Crippen LogP contribution in [-0.4, -0.2) is 19.0 Å². The number of hydrogen-bond donors (Lipinski definition) is 1. The number of hydrogen-bond acceptors (Lipinski definition) is 4. The summed E-state index contributed by atoms with van der Waals surface area (Å²) in [7, 11) is 0. The molecule has 6 heteroatoms. The number of carbonyl (C=O) groups excluding carboxylic acids is 1. The number of fused-ring (bicyclic) bond motifs is 1. The Morgan fingerprint density at radius 2 is 2.00 bits per heavy atom. The molecule has 4 nitrogen and oxygen atoms in total. The maximum absolute atomic E-state index is 12.3. The van der Waals surface area contributed by atoms with Gasteiger partial charge in [-0.2, -0.15) is 0 Å². The number of nitrogens with one attached hydrogen (secondary N) is 1. The molecule has 2 aromatic rings. The Morgan fingerprint density at radius 1 is 1.19 bits per heavy atom. The van der Waals surface area contributed by atoms with Gasteiger partial charge in [0.25, 0.3) is 5.91 Å². The van der Waals surface area contributed by atoms with Crippen LogP contribution >= 0.6 is 23.4 Å².